The second-order valence-corrected chi connectivity index (χ2v) is 5.89. The third-order valence-electron chi connectivity index (χ3n) is 4.43. The molecule has 0 saturated carbocycles. The number of aryl methyl sites for hydroxylation is 3. The molecule has 1 aliphatic heterocycles. The topological polar surface area (TPSA) is 29.9 Å². The molecule has 1 aliphatic rings. The molecule has 2 heterocycles. The zero-order valence-corrected chi connectivity index (χ0v) is 12.9. The van der Waals surface area contributed by atoms with Gasteiger partial charge in [0.25, 0.3) is 0 Å². The molecule has 2 aromatic rings. The smallest absolute Gasteiger partial charge is 0.0630 e. The maximum atomic E-state index is 4.82. The van der Waals surface area contributed by atoms with Gasteiger partial charge in [-0.15, -0.1) is 0 Å². The second kappa shape index (κ2) is 6.90. The van der Waals surface area contributed by atoms with E-state index < -0.39 is 0 Å². The summed E-state index contributed by atoms with van der Waals surface area (Å²) in [6, 6.07) is 13.0. The number of hydrogen-bond donors (Lipinski definition) is 1. The molecule has 0 aliphatic carbocycles. The van der Waals surface area contributed by atoms with Gasteiger partial charge in [0, 0.05) is 18.2 Å². The lowest BCUT2D eigenvalue weighted by Crippen LogP contribution is -2.27. The zero-order valence-electron chi connectivity index (χ0n) is 12.9. The van der Waals surface area contributed by atoms with Crippen molar-refractivity contribution in [2.75, 3.05) is 13.1 Å². The molecule has 1 fully saturated rings. The van der Waals surface area contributed by atoms with Crippen LogP contribution >= 0.6 is 0 Å². The Kier molecular flexibility index (Phi) is 4.71. The third kappa shape index (κ3) is 3.53. The largest absolute Gasteiger partial charge is 0.317 e. The summed E-state index contributed by atoms with van der Waals surface area (Å²) in [5, 5.41) is 8.26. The van der Waals surface area contributed by atoms with Crippen LogP contribution in [0.4, 0.5) is 0 Å². The van der Waals surface area contributed by atoms with E-state index in [-0.39, 0.29) is 0 Å². The van der Waals surface area contributed by atoms with Crippen molar-refractivity contribution in [3.05, 3.63) is 53.3 Å². The zero-order chi connectivity index (χ0) is 14.5. The van der Waals surface area contributed by atoms with E-state index in [1.165, 1.54) is 29.8 Å². The average Bonchev–Trinajstić information content (AvgIpc) is 2.98. The van der Waals surface area contributed by atoms with E-state index in [1.54, 1.807) is 0 Å². The van der Waals surface area contributed by atoms with Crippen LogP contribution in [0.2, 0.25) is 0 Å². The number of benzene rings is 1. The lowest BCUT2D eigenvalue weighted by molar-refractivity contribution is 0.432. The molecule has 0 radical (unpaired) electrons. The van der Waals surface area contributed by atoms with Crippen LogP contribution in [0.25, 0.3) is 0 Å². The van der Waals surface area contributed by atoms with Crippen molar-refractivity contribution in [2.24, 2.45) is 0 Å². The van der Waals surface area contributed by atoms with Gasteiger partial charge >= 0.3 is 0 Å². The molecular formula is C18H25N3. The van der Waals surface area contributed by atoms with Crippen LogP contribution in [-0.2, 0) is 19.4 Å². The number of nitrogens with zero attached hydrogens (tertiary/aromatic N) is 2. The van der Waals surface area contributed by atoms with Gasteiger partial charge in [0.15, 0.2) is 0 Å². The second-order valence-electron chi connectivity index (χ2n) is 5.89. The normalized spacial score (nSPS) is 16.2. The Hall–Kier alpha value is -1.61. The highest BCUT2D eigenvalue weighted by Crippen LogP contribution is 2.26. The maximum absolute atomic E-state index is 4.82. The number of rotatable bonds is 5. The molecule has 1 saturated heterocycles. The predicted molar refractivity (Wildman–Crippen MR) is 86.6 cm³/mol. The molecular weight excluding hydrogens is 258 g/mol. The van der Waals surface area contributed by atoms with Gasteiger partial charge in [0.2, 0.25) is 0 Å². The molecule has 112 valence electrons. The van der Waals surface area contributed by atoms with Gasteiger partial charge in [-0.1, -0.05) is 30.3 Å². The van der Waals surface area contributed by atoms with Crippen molar-refractivity contribution < 1.29 is 0 Å². The molecule has 1 aromatic heterocycles. The van der Waals surface area contributed by atoms with Gasteiger partial charge in [-0.25, -0.2) is 0 Å². The lowest BCUT2D eigenvalue weighted by Gasteiger charge is -2.23. The molecule has 3 rings (SSSR count). The van der Waals surface area contributed by atoms with Crippen molar-refractivity contribution in [1.29, 1.82) is 0 Å². The van der Waals surface area contributed by atoms with Crippen LogP contribution in [0.1, 0.15) is 42.6 Å². The van der Waals surface area contributed by atoms with Gasteiger partial charge in [0.1, 0.15) is 0 Å². The molecule has 3 nitrogen and oxygen atoms in total. The molecule has 0 amide bonds. The van der Waals surface area contributed by atoms with Gasteiger partial charge in [-0.05, 0) is 57.3 Å². The summed E-state index contributed by atoms with van der Waals surface area (Å²) in [4.78, 5) is 0. The fourth-order valence-corrected chi connectivity index (χ4v) is 3.23. The number of aromatic nitrogens is 2. The fourth-order valence-electron chi connectivity index (χ4n) is 3.23. The van der Waals surface area contributed by atoms with Crippen LogP contribution in [0.5, 0.6) is 0 Å². The van der Waals surface area contributed by atoms with E-state index in [2.05, 4.69) is 53.3 Å². The predicted octanol–water partition coefficient (Wildman–Crippen LogP) is 3.16. The van der Waals surface area contributed by atoms with Crippen molar-refractivity contribution >= 4 is 0 Å². The van der Waals surface area contributed by atoms with E-state index in [0.717, 1.165) is 32.5 Å². The van der Waals surface area contributed by atoms with Gasteiger partial charge in [-0.3, -0.25) is 4.68 Å². The first-order valence-electron chi connectivity index (χ1n) is 8.18. The molecule has 3 heteroatoms. The van der Waals surface area contributed by atoms with E-state index in [9.17, 15) is 0 Å². The summed E-state index contributed by atoms with van der Waals surface area (Å²) in [6.07, 6.45) is 4.59. The highest BCUT2D eigenvalue weighted by atomic mass is 15.3. The Morgan fingerprint density at radius 1 is 1.14 bits per heavy atom. The highest BCUT2D eigenvalue weighted by molar-refractivity contribution is 5.19. The summed E-state index contributed by atoms with van der Waals surface area (Å²) in [7, 11) is 0. The van der Waals surface area contributed by atoms with E-state index in [1.807, 2.05) is 0 Å². The lowest BCUT2D eigenvalue weighted by atomic mass is 9.94. The molecule has 1 aromatic carbocycles. The minimum atomic E-state index is 0.684. The van der Waals surface area contributed by atoms with Crippen LogP contribution in [-0.4, -0.2) is 22.9 Å². The Bertz CT molecular complexity index is 553. The van der Waals surface area contributed by atoms with Crippen LogP contribution in [0.15, 0.2) is 36.4 Å². The number of piperidine rings is 1. The Labute approximate surface area is 127 Å². The van der Waals surface area contributed by atoms with Crippen molar-refractivity contribution in [1.82, 2.24) is 15.1 Å². The monoisotopic (exact) mass is 283 g/mol. The number of hydrogen-bond acceptors (Lipinski definition) is 2. The SMILES string of the molecule is CCn1nc(CCc2ccccc2)cc1C1CCNCC1. The van der Waals surface area contributed by atoms with Gasteiger partial charge < -0.3 is 5.32 Å². The van der Waals surface area contributed by atoms with Gasteiger partial charge in [0.05, 0.1) is 5.69 Å². The Balaban J connectivity index is 1.70. The molecule has 0 unspecified atom stereocenters. The van der Waals surface area contributed by atoms with E-state index >= 15 is 0 Å². The van der Waals surface area contributed by atoms with Crippen molar-refractivity contribution in [3.63, 3.8) is 0 Å². The average molecular weight is 283 g/mol. The minimum Gasteiger partial charge on any atom is -0.317 e. The van der Waals surface area contributed by atoms with E-state index in [4.69, 9.17) is 5.10 Å². The Morgan fingerprint density at radius 3 is 2.62 bits per heavy atom. The van der Waals surface area contributed by atoms with Crippen molar-refractivity contribution in [3.8, 4) is 0 Å². The summed E-state index contributed by atoms with van der Waals surface area (Å²) in [6.45, 7) is 5.45. The molecule has 0 spiro atoms. The molecule has 0 bridgehead atoms. The summed E-state index contributed by atoms with van der Waals surface area (Å²) in [5.41, 5.74) is 4.09. The van der Waals surface area contributed by atoms with Crippen LogP contribution in [0, 0.1) is 0 Å². The quantitative estimate of drug-likeness (QED) is 0.913. The van der Waals surface area contributed by atoms with Crippen molar-refractivity contribution in [2.45, 2.75) is 45.1 Å². The maximum Gasteiger partial charge on any atom is 0.0630 e. The molecule has 0 atom stereocenters. The minimum absolute atomic E-state index is 0.684. The first-order valence-corrected chi connectivity index (χ1v) is 8.18. The van der Waals surface area contributed by atoms with Gasteiger partial charge in [-0.2, -0.15) is 5.10 Å². The molecule has 21 heavy (non-hydrogen) atoms. The summed E-state index contributed by atoms with van der Waals surface area (Å²) < 4.78 is 2.22. The summed E-state index contributed by atoms with van der Waals surface area (Å²) in [5.74, 6) is 0.684. The highest BCUT2D eigenvalue weighted by Gasteiger charge is 2.20. The van der Waals surface area contributed by atoms with Crippen LogP contribution < -0.4 is 5.32 Å². The Morgan fingerprint density at radius 2 is 1.90 bits per heavy atom. The standard InChI is InChI=1S/C18H25N3/c1-2-21-18(16-10-12-19-13-11-16)14-17(20-21)9-8-15-6-4-3-5-7-15/h3-7,14,16,19H,2,8-13H2,1H3. The first-order chi connectivity index (χ1) is 10.4. The molecule has 1 N–H and O–H groups in total. The summed E-state index contributed by atoms with van der Waals surface area (Å²) >= 11 is 0. The number of nitrogens with one attached hydrogen (secondary N) is 1. The van der Waals surface area contributed by atoms with E-state index in [0.29, 0.717) is 5.92 Å². The fraction of sp³-hybridized carbons (Fsp3) is 0.500. The first kappa shape index (κ1) is 14.3. The third-order valence-corrected chi connectivity index (χ3v) is 4.43. The van der Waals surface area contributed by atoms with Crippen LogP contribution in [0.3, 0.4) is 0 Å².